The highest BCUT2D eigenvalue weighted by molar-refractivity contribution is 5.79. The molecule has 138 valence electrons. The second-order valence-electron chi connectivity index (χ2n) is 6.92. The van der Waals surface area contributed by atoms with Gasteiger partial charge < -0.3 is 9.88 Å². The van der Waals surface area contributed by atoms with Crippen molar-refractivity contribution in [2.24, 2.45) is 0 Å². The Morgan fingerprint density at radius 2 is 1.96 bits per heavy atom. The van der Waals surface area contributed by atoms with Crippen LogP contribution in [0.3, 0.4) is 0 Å². The van der Waals surface area contributed by atoms with Gasteiger partial charge in [-0.15, -0.1) is 0 Å². The number of benzene rings is 1. The second kappa shape index (κ2) is 7.31. The van der Waals surface area contributed by atoms with Crippen LogP contribution in [0.4, 0.5) is 4.39 Å². The van der Waals surface area contributed by atoms with E-state index in [0.29, 0.717) is 24.2 Å². The summed E-state index contributed by atoms with van der Waals surface area (Å²) in [6, 6.07) is 12.1. The highest BCUT2D eigenvalue weighted by Gasteiger charge is 2.25. The topological polar surface area (TPSA) is 66.1 Å². The zero-order chi connectivity index (χ0) is 18.8. The molecule has 0 bridgehead atoms. The number of nitrogens with one attached hydrogen (secondary N) is 1. The quantitative estimate of drug-likeness (QED) is 0.776. The fourth-order valence-corrected chi connectivity index (χ4v) is 3.69. The van der Waals surface area contributed by atoms with Crippen LogP contribution >= 0.6 is 0 Å². The summed E-state index contributed by atoms with van der Waals surface area (Å²) in [5.41, 5.74) is 1.58. The smallest absolute Gasteiger partial charge is 0.274 e. The molecule has 1 aliphatic heterocycles. The molecule has 0 aliphatic carbocycles. The second-order valence-corrected chi connectivity index (χ2v) is 6.92. The molecule has 0 atom stereocenters. The van der Waals surface area contributed by atoms with Crippen LogP contribution in [0.1, 0.15) is 30.0 Å². The molecule has 1 aliphatic rings. The standard InChI is InChI=1S/C21H20FN3O2/c22-17-6-2-1-4-15(17)13-19(26)25-10-7-14(8-11-25)18-12-16-5-3-9-23-20(16)21(27)24-18/h1-6,9,12,14H,7-8,10-11,13H2,(H,24,27). The fourth-order valence-electron chi connectivity index (χ4n) is 3.69. The normalized spacial score (nSPS) is 15.2. The number of H-pyrrole nitrogens is 1. The van der Waals surface area contributed by atoms with Crippen LogP contribution < -0.4 is 5.56 Å². The number of likely N-dealkylation sites (tertiary alicyclic amines) is 1. The maximum Gasteiger partial charge on any atom is 0.274 e. The third kappa shape index (κ3) is 3.60. The van der Waals surface area contributed by atoms with Crippen molar-refractivity contribution in [2.45, 2.75) is 25.2 Å². The number of rotatable bonds is 3. The van der Waals surface area contributed by atoms with Crippen LogP contribution in [0, 0.1) is 5.82 Å². The first-order valence-electron chi connectivity index (χ1n) is 9.11. The largest absolute Gasteiger partial charge is 0.342 e. The summed E-state index contributed by atoms with van der Waals surface area (Å²) in [5.74, 6) is -0.211. The highest BCUT2D eigenvalue weighted by atomic mass is 19.1. The van der Waals surface area contributed by atoms with Gasteiger partial charge in [0, 0.05) is 36.3 Å². The predicted octanol–water partition coefficient (Wildman–Crippen LogP) is 3.01. The van der Waals surface area contributed by atoms with Crippen LogP contribution in [0.2, 0.25) is 0 Å². The molecule has 27 heavy (non-hydrogen) atoms. The lowest BCUT2D eigenvalue weighted by molar-refractivity contribution is -0.131. The number of carbonyl (C=O) groups is 1. The summed E-state index contributed by atoms with van der Waals surface area (Å²) in [5, 5.41) is 0.828. The van der Waals surface area contributed by atoms with E-state index < -0.39 is 0 Å². The first-order chi connectivity index (χ1) is 13.1. The third-order valence-electron chi connectivity index (χ3n) is 5.21. The zero-order valence-corrected chi connectivity index (χ0v) is 14.8. The van der Waals surface area contributed by atoms with Crippen molar-refractivity contribution in [3.8, 4) is 0 Å². The average Bonchev–Trinajstić information content (AvgIpc) is 2.70. The summed E-state index contributed by atoms with van der Waals surface area (Å²) in [7, 11) is 0. The lowest BCUT2D eigenvalue weighted by Crippen LogP contribution is -2.39. The molecule has 0 spiro atoms. The Bertz CT molecular complexity index is 1040. The monoisotopic (exact) mass is 365 g/mol. The van der Waals surface area contributed by atoms with Crippen molar-refractivity contribution in [3.63, 3.8) is 0 Å². The van der Waals surface area contributed by atoms with Crippen molar-refractivity contribution in [1.82, 2.24) is 14.9 Å². The minimum atomic E-state index is -0.344. The van der Waals surface area contributed by atoms with Crippen molar-refractivity contribution < 1.29 is 9.18 Å². The zero-order valence-electron chi connectivity index (χ0n) is 14.8. The van der Waals surface area contributed by atoms with E-state index in [0.717, 1.165) is 23.9 Å². The number of aromatic nitrogens is 2. The van der Waals surface area contributed by atoms with Crippen LogP contribution in [-0.2, 0) is 11.2 Å². The van der Waals surface area contributed by atoms with Gasteiger partial charge in [0.1, 0.15) is 11.3 Å². The SMILES string of the molecule is O=C(Cc1ccccc1F)N1CCC(c2cc3cccnc3c(=O)[nH]2)CC1. The molecule has 1 fully saturated rings. The third-order valence-corrected chi connectivity index (χ3v) is 5.21. The van der Waals surface area contributed by atoms with Gasteiger partial charge in [-0.05, 0) is 36.6 Å². The lowest BCUT2D eigenvalue weighted by Gasteiger charge is -2.32. The molecule has 1 N–H and O–H groups in total. The number of hydrogen-bond donors (Lipinski definition) is 1. The average molecular weight is 365 g/mol. The number of fused-ring (bicyclic) bond motifs is 1. The van der Waals surface area contributed by atoms with Gasteiger partial charge in [-0.1, -0.05) is 24.3 Å². The van der Waals surface area contributed by atoms with Crippen molar-refractivity contribution in [2.75, 3.05) is 13.1 Å². The van der Waals surface area contributed by atoms with Gasteiger partial charge in [-0.25, -0.2) is 4.39 Å². The Kier molecular flexibility index (Phi) is 4.71. The van der Waals surface area contributed by atoms with Gasteiger partial charge in [0.2, 0.25) is 5.91 Å². The van der Waals surface area contributed by atoms with E-state index in [2.05, 4.69) is 9.97 Å². The Balaban J connectivity index is 1.44. The summed E-state index contributed by atoms with van der Waals surface area (Å²) in [6.07, 6.45) is 3.22. The summed E-state index contributed by atoms with van der Waals surface area (Å²) in [6.45, 7) is 1.20. The maximum absolute atomic E-state index is 13.8. The molecular weight excluding hydrogens is 345 g/mol. The van der Waals surface area contributed by atoms with E-state index in [-0.39, 0.29) is 29.6 Å². The van der Waals surface area contributed by atoms with E-state index >= 15 is 0 Å². The van der Waals surface area contributed by atoms with Gasteiger partial charge in [0.15, 0.2) is 0 Å². The van der Waals surface area contributed by atoms with Crippen LogP contribution in [0.15, 0.2) is 53.5 Å². The van der Waals surface area contributed by atoms with E-state index in [9.17, 15) is 14.0 Å². The summed E-state index contributed by atoms with van der Waals surface area (Å²) in [4.78, 5) is 33.6. The minimum absolute atomic E-state index is 0.0604. The number of piperidine rings is 1. The van der Waals surface area contributed by atoms with Gasteiger partial charge >= 0.3 is 0 Å². The number of amides is 1. The lowest BCUT2D eigenvalue weighted by atomic mass is 9.92. The number of hydrogen-bond acceptors (Lipinski definition) is 3. The van der Waals surface area contributed by atoms with Gasteiger partial charge in [0.25, 0.3) is 5.56 Å². The first kappa shape index (κ1) is 17.4. The molecular formula is C21H20FN3O2. The van der Waals surface area contributed by atoms with Crippen molar-refractivity contribution in [1.29, 1.82) is 0 Å². The first-order valence-corrected chi connectivity index (χ1v) is 9.11. The Labute approximate surface area is 155 Å². The molecule has 0 unspecified atom stereocenters. The molecule has 1 aromatic carbocycles. The number of halogens is 1. The Morgan fingerprint density at radius 3 is 2.74 bits per heavy atom. The van der Waals surface area contributed by atoms with Crippen LogP contribution in [-0.4, -0.2) is 33.9 Å². The summed E-state index contributed by atoms with van der Waals surface area (Å²) < 4.78 is 13.8. The van der Waals surface area contributed by atoms with E-state index in [1.54, 1.807) is 29.3 Å². The summed E-state index contributed by atoms with van der Waals surface area (Å²) >= 11 is 0. The minimum Gasteiger partial charge on any atom is -0.342 e. The van der Waals surface area contributed by atoms with Crippen LogP contribution in [0.25, 0.3) is 10.9 Å². The predicted molar refractivity (Wildman–Crippen MR) is 101 cm³/mol. The van der Waals surface area contributed by atoms with Crippen molar-refractivity contribution in [3.05, 3.63) is 76.1 Å². The molecule has 1 saturated heterocycles. The number of aromatic amines is 1. The Morgan fingerprint density at radius 1 is 1.19 bits per heavy atom. The van der Waals surface area contributed by atoms with E-state index in [1.165, 1.54) is 6.07 Å². The molecule has 2 aromatic heterocycles. The number of pyridine rings is 2. The maximum atomic E-state index is 13.8. The Hall–Kier alpha value is -3.02. The fraction of sp³-hybridized carbons (Fsp3) is 0.286. The molecule has 0 radical (unpaired) electrons. The van der Waals surface area contributed by atoms with Crippen LogP contribution in [0.5, 0.6) is 0 Å². The highest BCUT2D eigenvalue weighted by Crippen LogP contribution is 2.27. The van der Waals surface area contributed by atoms with E-state index in [1.807, 2.05) is 18.2 Å². The molecule has 6 heteroatoms. The molecule has 5 nitrogen and oxygen atoms in total. The van der Waals surface area contributed by atoms with Gasteiger partial charge in [0.05, 0.1) is 6.42 Å². The molecule has 4 rings (SSSR count). The van der Waals surface area contributed by atoms with E-state index in [4.69, 9.17) is 0 Å². The number of carbonyl (C=O) groups excluding carboxylic acids is 1. The van der Waals surface area contributed by atoms with Crippen molar-refractivity contribution >= 4 is 16.8 Å². The van der Waals surface area contributed by atoms with Gasteiger partial charge in [-0.2, -0.15) is 0 Å². The van der Waals surface area contributed by atoms with Gasteiger partial charge in [-0.3, -0.25) is 14.6 Å². The number of nitrogens with zero attached hydrogens (tertiary/aromatic N) is 2. The molecule has 0 saturated carbocycles. The molecule has 1 amide bonds. The molecule has 3 aromatic rings. The molecule has 3 heterocycles.